The van der Waals surface area contributed by atoms with Gasteiger partial charge in [0.05, 0.1) is 6.61 Å². The quantitative estimate of drug-likeness (QED) is 0.683. The summed E-state index contributed by atoms with van der Waals surface area (Å²) in [5.74, 6) is 2.25. The molecule has 1 aromatic carbocycles. The number of esters is 1. The first-order valence-electron chi connectivity index (χ1n) is 7.36. The van der Waals surface area contributed by atoms with E-state index < -0.39 is 6.09 Å². The van der Waals surface area contributed by atoms with Crippen molar-refractivity contribution >= 4 is 17.7 Å². The second-order valence-corrected chi connectivity index (χ2v) is 5.76. The van der Waals surface area contributed by atoms with Gasteiger partial charge in [-0.1, -0.05) is 6.42 Å². The van der Waals surface area contributed by atoms with Crippen LogP contribution in [-0.4, -0.2) is 18.7 Å². The highest BCUT2D eigenvalue weighted by molar-refractivity contribution is 5.84. The Morgan fingerprint density at radius 1 is 1.19 bits per heavy atom. The molecule has 1 amide bonds. The Balaban J connectivity index is 1.43. The first-order chi connectivity index (χ1) is 10.1. The van der Waals surface area contributed by atoms with Crippen LogP contribution < -0.4 is 10.1 Å². The van der Waals surface area contributed by atoms with Gasteiger partial charge in [-0.2, -0.15) is 0 Å². The van der Waals surface area contributed by atoms with Gasteiger partial charge in [-0.05, 0) is 54.9 Å². The molecule has 5 nitrogen and oxygen atoms in total. The fraction of sp³-hybridized carbons (Fsp3) is 0.500. The first kappa shape index (κ1) is 13.9. The van der Waals surface area contributed by atoms with Crippen LogP contribution in [0.25, 0.3) is 0 Å². The molecule has 0 aliphatic heterocycles. The second-order valence-electron chi connectivity index (χ2n) is 5.76. The Labute approximate surface area is 123 Å². The van der Waals surface area contributed by atoms with Gasteiger partial charge in [0.1, 0.15) is 5.75 Å². The maximum absolute atomic E-state index is 11.7. The van der Waals surface area contributed by atoms with Gasteiger partial charge in [0.25, 0.3) is 0 Å². The molecule has 0 saturated heterocycles. The lowest BCUT2D eigenvalue weighted by Gasteiger charge is -2.08. The van der Waals surface area contributed by atoms with E-state index >= 15 is 0 Å². The molecule has 2 aliphatic carbocycles. The lowest BCUT2D eigenvalue weighted by atomic mass is 10.2. The minimum atomic E-state index is -0.430. The maximum atomic E-state index is 11.7. The van der Waals surface area contributed by atoms with Gasteiger partial charge in [0.2, 0.25) is 0 Å². The monoisotopic (exact) mass is 289 g/mol. The summed E-state index contributed by atoms with van der Waals surface area (Å²) < 4.78 is 10.2. The fourth-order valence-corrected chi connectivity index (χ4v) is 3.32. The number of amides is 1. The molecule has 1 aromatic rings. The van der Waals surface area contributed by atoms with E-state index in [0.717, 1.165) is 11.8 Å². The molecular weight excluding hydrogens is 270 g/mol. The lowest BCUT2D eigenvalue weighted by molar-refractivity contribution is -0.131. The molecule has 2 fully saturated rings. The maximum Gasteiger partial charge on any atom is 0.411 e. The van der Waals surface area contributed by atoms with Crippen LogP contribution in [0.4, 0.5) is 10.5 Å². The molecule has 0 spiro atoms. The van der Waals surface area contributed by atoms with Gasteiger partial charge in [0, 0.05) is 12.6 Å². The van der Waals surface area contributed by atoms with E-state index in [2.05, 4.69) is 5.32 Å². The third kappa shape index (κ3) is 3.35. The van der Waals surface area contributed by atoms with Crippen LogP contribution in [0.2, 0.25) is 0 Å². The largest absolute Gasteiger partial charge is 0.449 e. The average Bonchev–Trinajstić information content (AvgIpc) is 2.88. The van der Waals surface area contributed by atoms with Crippen molar-refractivity contribution in [2.45, 2.75) is 26.2 Å². The van der Waals surface area contributed by atoms with E-state index in [1.165, 1.54) is 26.2 Å². The molecule has 0 bridgehead atoms. The number of carbonyl (C=O) groups excluding carboxylic acids is 2. The van der Waals surface area contributed by atoms with Crippen LogP contribution in [0.5, 0.6) is 5.75 Å². The normalized spacial score (nSPS) is 25.9. The van der Waals surface area contributed by atoms with E-state index in [1.54, 1.807) is 24.3 Å². The van der Waals surface area contributed by atoms with Crippen LogP contribution in [0, 0.1) is 17.8 Å². The predicted octanol–water partition coefficient (Wildman–Crippen LogP) is 3.21. The number of ether oxygens (including phenoxy) is 2. The molecule has 0 heterocycles. The molecule has 0 aromatic heterocycles. The van der Waals surface area contributed by atoms with Crippen molar-refractivity contribution in [1.82, 2.24) is 0 Å². The summed E-state index contributed by atoms with van der Waals surface area (Å²) in [7, 11) is 0. The van der Waals surface area contributed by atoms with Crippen molar-refractivity contribution in [3.63, 3.8) is 0 Å². The standard InChI is InChI=1S/C16H19NO4/c1-10(18)21-12-7-5-11(6-8-12)17-16(19)20-9-15-13-3-2-4-14(13)15/h5-8,13-15H,2-4,9H2,1H3,(H,17,19). The first-order valence-corrected chi connectivity index (χ1v) is 7.36. The number of rotatable bonds is 4. The highest BCUT2D eigenvalue weighted by Gasteiger charge is 2.52. The third-order valence-corrected chi connectivity index (χ3v) is 4.35. The minimum Gasteiger partial charge on any atom is -0.449 e. The van der Waals surface area contributed by atoms with Gasteiger partial charge >= 0.3 is 12.1 Å². The molecule has 21 heavy (non-hydrogen) atoms. The molecule has 2 atom stereocenters. The number of anilines is 1. The molecule has 112 valence electrons. The van der Waals surface area contributed by atoms with Crippen LogP contribution >= 0.6 is 0 Å². The number of hydrogen-bond donors (Lipinski definition) is 1. The zero-order chi connectivity index (χ0) is 14.8. The number of nitrogens with one attached hydrogen (secondary N) is 1. The van der Waals surface area contributed by atoms with Crippen LogP contribution in [0.1, 0.15) is 26.2 Å². The van der Waals surface area contributed by atoms with Gasteiger partial charge < -0.3 is 9.47 Å². The number of benzene rings is 1. The van der Waals surface area contributed by atoms with Crippen LogP contribution in [0.15, 0.2) is 24.3 Å². The van der Waals surface area contributed by atoms with Gasteiger partial charge in [-0.3, -0.25) is 10.1 Å². The van der Waals surface area contributed by atoms with Crippen LogP contribution in [0.3, 0.4) is 0 Å². The van der Waals surface area contributed by atoms with Gasteiger partial charge in [-0.25, -0.2) is 4.79 Å². The Kier molecular flexibility index (Phi) is 3.82. The van der Waals surface area contributed by atoms with Crippen molar-refractivity contribution < 1.29 is 19.1 Å². The average molecular weight is 289 g/mol. The van der Waals surface area contributed by atoms with Gasteiger partial charge in [0.15, 0.2) is 0 Å². The molecule has 1 N–H and O–H groups in total. The Bertz CT molecular complexity index is 530. The number of carbonyl (C=O) groups is 2. The van der Waals surface area contributed by atoms with E-state index in [4.69, 9.17) is 9.47 Å². The Hall–Kier alpha value is -2.04. The van der Waals surface area contributed by atoms with E-state index in [0.29, 0.717) is 24.0 Å². The smallest absolute Gasteiger partial charge is 0.411 e. The second kappa shape index (κ2) is 5.76. The fourth-order valence-electron chi connectivity index (χ4n) is 3.32. The summed E-state index contributed by atoms with van der Waals surface area (Å²) in [6.07, 6.45) is 3.47. The summed E-state index contributed by atoms with van der Waals surface area (Å²) in [5.41, 5.74) is 0.617. The summed E-state index contributed by atoms with van der Waals surface area (Å²) >= 11 is 0. The molecule has 0 radical (unpaired) electrons. The summed E-state index contributed by atoms with van der Waals surface area (Å²) in [5, 5.41) is 2.67. The van der Waals surface area contributed by atoms with Crippen molar-refractivity contribution in [3.8, 4) is 5.75 Å². The summed E-state index contributed by atoms with van der Waals surface area (Å²) in [6, 6.07) is 6.60. The highest BCUT2D eigenvalue weighted by atomic mass is 16.5. The predicted molar refractivity (Wildman–Crippen MR) is 77.0 cm³/mol. The van der Waals surface area contributed by atoms with Crippen LogP contribution in [-0.2, 0) is 9.53 Å². The van der Waals surface area contributed by atoms with Crippen molar-refractivity contribution in [1.29, 1.82) is 0 Å². The molecule has 3 rings (SSSR count). The number of fused-ring (bicyclic) bond motifs is 1. The van der Waals surface area contributed by atoms with E-state index in [-0.39, 0.29) is 5.97 Å². The third-order valence-electron chi connectivity index (χ3n) is 4.35. The summed E-state index contributed by atoms with van der Waals surface area (Å²) in [6.45, 7) is 1.86. The van der Waals surface area contributed by atoms with E-state index in [9.17, 15) is 9.59 Å². The molecular formula is C16H19NO4. The molecule has 2 saturated carbocycles. The van der Waals surface area contributed by atoms with Gasteiger partial charge in [-0.15, -0.1) is 0 Å². The number of hydrogen-bond acceptors (Lipinski definition) is 4. The lowest BCUT2D eigenvalue weighted by Crippen LogP contribution is -2.16. The summed E-state index contributed by atoms with van der Waals surface area (Å²) in [4.78, 5) is 22.5. The van der Waals surface area contributed by atoms with Crippen molar-refractivity contribution in [2.24, 2.45) is 17.8 Å². The zero-order valence-electron chi connectivity index (χ0n) is 12.0. The molecule has 2 aliphatic rings. The topological polar surface area (TPSA) is 64.6 Å². The van der Waals surface area contributed by atoms with Crippen molar-refractivity contribution in [3.05, 3.63) is 24.3 Å². The highest BCUT2D eigenvalue weighted by Crippen LogP contribution is 2.57. The van der Waals surface area contributed by atoms with E-state index in [1.807, 2.05) is 0 Å². The molecule has 5 heteroatoms. The SMILES string of the molecule is CC(=O)Oc1ccc(NC(=O)OCC2C3CCCC32)cc1. The minimum absolute atomic E-state index is 0.370. The Morgan fingerprint density at radius 3 is 2.48 bits per heavy atom. The Morgan fingerprint density at radius 2 is 1.86 bits per heavy atom. The molecule has 2 unspecified atom stereocenters. The zero-order valence-corrected chi connectivity index (χ0v) is 12.0. The van der Waals surface area contributed by atoms with Crippen molar-refractivity contribution in [2.75, 3.05) is 11.9 Å².